The third-order valence-corrected chi connectivity index (χ3v) is 4.53. The highest BCUT2D eigenvalue weighted by Gasteiger charge is 2.43. The van der Waals surface area contributed by atoms with Crippen LogP contribution in [-0.2, 0) is 18.2 Å². The zero-order chi connectivity index (χ0) is 13.5. The number of benzene rings is 1. The van der Waals surface area contributed by atoms with Crippen molar-refractivity contribution in [2.45, 2.75) is 37.3 Å². The molecule has 0 spiro atoms. The first-order valence-electron chi connectivity index (χ1n) is 6.88. The van der Waals surface area contributed by atoms with Crippen LogP contribution in [0.15, 0.2) is 24.3 Å². The Hall–Kier alpha value is -1.39. The quantitative estimate of drug-likeness (QED) is 0.914. The number of nitrogens with two attached hydrogens (primary N) is 1. The lowest BCUT2D eigenvalue weighted by Gasteiger charge is -2.44. The molecule has 2 N–H and O–H groups in total. The van der Waals surface area contributed by atoms with Crippen LogP contribution in [0, 0.1) is 0 Å². The maximum Gasteiger partial charge on any atom is 0.0832 e. The summed E-state index contributed by atoms with van der Waals surface area (Å²) in [6.45, 7) is 0. The zero-order valence-electron chi connectivity index (χ0n) is 11.6. The first-order valence-corrected chi connectivity index (χ1v) is 6.88. The van der Waals surface area contributed by atoms with Crippen LogP contribution in [0.1, 0.15) is 25.0 Å². The minimum absolute atomic E-state index is 0.0181. The van der Waals surface area contributed by atoms with Gasteiger partial charge < -0.3 is 10.5 Å². The highest BCUT2D eigenvalue weighted by Crippen LogP contribution is 2.38. The Balaban J connectivity index is 1.89. The number of methoxy groups -OCH3 is 1. The molecule has 0 aliphatic heterocycles. The van der Waals surface area contributed by atoms with Crippen LogP contribution in [0.4, 0.5) is 0 Å². The largest absolute Gasteiger partial charge is 0.377 e. The maximum absolute atomic E-state index is 6.38. The molecular formula is C15H21N3O. The fourth-order valence-electron chi connectivity index (χ4n) is 3.09. The molecule has 3 rings (SSSR count). The van der Waals surface area contributed by atoms with Crippen molar-refractivity contribution in [3.8, 4) is 0 Å². The Morgan fingerprint density at radius 1 is 1.42 bits per heavy atom. The first-order chi connectivity index (χ1) is 9.16. The summed E-state index contributed by atoms with van der Waals surface area (Å²) >= 11 is 0. The Kier molecular flexibility index (Phi) is 3.07. The summed E-state index contributed by atoms with van der Waals surface area (Å²) in [4.78, 5) is 0. The van der Waals surface area contributed by atoms with E-state index >= 15 is 0 Å². The van der Waals surface area contributed by atoms with E-state index in [1.165, 1.54) is 11.8 Å². The van der Waals surface area contributed by atoms with Crippen molar-refractivity contribution >= 4 is 10.9 Å². The Labute approximate surface area is 113 Å². The van der Waals surface area contributed by atoms with Gasteiger partial charge in [0.15, 0.2) is 0 Å². The maximum atomic E-state index is 6.38. The number of aromatic nitrogens is 2. The smallest absolute Gasteiger partial charge is 0.0832 e. The number of hydrogen-bond donors (Lipinski definition) is 1. The van der Waals surface area contributed by atoms with Crippen molar-refractivity contribution in [1.82, 2.24) is 9.78 Å². The number of fused-ring (bicyclic) bond motifs is 1. The number of hydrogen-bond acceptors (Lipinski definition) is 3. The van der Waals surface area contributed by atoms with Gasteiger partial charge in [-0.3, -0.25) is 4.68 Å². The molecule has 1 aliphatic carbocycles. The Morgan fingerprint density at radius 2 is 2.16 bits per heavy atom. The molecule has 1 saturated carbocycles. The number of nitrogens with zero attached hydrogens (tertiary/aromatic N) is 2. The number of para-hydroxylation sites is 1. The molecule has 1 fully saturated rings. The minimum Gasteiger partial charge on any atom is -0.377 e. The van der Waals surface area contributed by atoms with E-state index in [9.17, 15) is 0 Å². The van der Waals surface area contributed by atoms with Crippen LogP contribution in [0.2, 0.25) is 0 Å². The lowest BCUT2D eigenvalue weighted by atomic mass is 9.73. The number of aryl methyl sites for hydroxylation is 1. The fraction of sp³-hybridized carbons (Fsp3) is 0.533. The van der Waals surface area contributed by atoms with Crippen molar-refractivity contribution in [2.75, 3.05) is 7.11 Å². The average Bonchev–Trinajstić information content (AvgIpc) is 2.66. The monoisotopic (exact) mass is 259 g/mol. The molecule has 0 radical (unpaired) electrons. The van der Waals surface area contributed by atoms with Crippen molar-refractivity contribution in [3.63, 3.8) is 0 Å². The second-order valence-electron chi connectivity index (χ2n) is 5.52. The van der Waals surface area contributed by atoms with Gasteiger partial charge in [0.05, 0.1) is 16.8 Å². The molecular weight excluding hydrogens is 238 g/mol. The molecule has 1 aliphatic rings. The van der Waals surface area contributed by atoms with Gasteiger partial charge in [-0.25, -0.2) is 0 Å². The van der Waals surface area contributed by atoms with Gasteiger partial charge in [0.1, 0.15) is 0 Å². The Morgan fingerprint density at radius 3 is 2.79 bits per heavy atom. The van der Waals surface area contributed by atoms with E-state index in [-0.39, 0.29) is 11.6 Å². The van der Waals surface area contributed by atoms with Gasteiger partial charge in [-0.1, -0.05) is 18.2 Å². The second kappa shape index (κ2) is 4.62. The van der Waals surface area contributed by atoms with E-state index in [4.69, 9.17) is 10.5 Å². The van der Waals surface area contributed by atoms with Gasteiger partial charge in [0.2, 0.25) is 0 Å². The van der Waals surface area contributed by atoms with Crippen molar-refractivity contribution in [1.29, 1.82) is 0 Å². The molecule has 0 amide bonds. The summed E-state index contributed by atoms with van der Waals surface area (Å²) in [5, 5.41) is 5.82. The Bertz CT molecular complexity index is 581. The lowest BCUT2D eigenvalue weighted by molar-refractivity contribution is -0.0898. The van der Waals surface area contributed by atoms with E-state index in [2.05, 4.69) is 23.3 Å². The first kappa shape index (κ1) is 12.6. The van der Waals surface area contributed by atoms with E-state index in [0.717, 1.165) is 30.5 Å². The average molecular weight is 259 g/mol. The van der Waals surface area contributed by atoms with Gasteiger partial charge in [0, 0.05) is 32.0 Å². The zero-order valence-corrected chi connectivity index (χ0v) is 11.6. The number of ether oxygens (including phenoxy) is 1. The SMILES string of the molecule is COC1(C(N)Cc2nn(C)c3ccccc23)CCC1. The predicted molar refractivity (Wildman–Crippen MR) is 76.0 cm³/mol. The summed E-state index contributed by atoms with van der Waals surface area (Å²) in [6.07, 6.45) is 4.12. The van der Waals surface area contributed by atoms with E-state index in [1.807, 2.05) is 17.8 Å². The van der Waals surface area contributed by atoms with Gasteiger partial charge >= 0.3 is 0 Å². The summed E-state index contributed by atoms with van der Waals surface area (Å²) in [5.41, 5.74) is 8.49. The third kappa shape index (κ3) is 1.95. The van der Waals surface area contributed by atoms with E-state index in [0.29, 0.717) is 0 Å². The van der Waals surface area contributed by atoms with Crippen molar-refractivity contribution in [3.05, 3.63) is 30.0 Å². The van der Waals surface area contributed by atoms with Crippen molar-refractivity contribution < 1.29 is 4.74 Å². The highest BCUT2D eigenvalue weighted by atomic mass is 16.5. The van der Waals surface area contributed by atoms with Crippen LogP contribution in [-0.4, -0.2) is 28.5 Å². The molecule has 1 unspecified atom stereocenters. The fourth-order valence-corrected chi connectivity index (χ4v) is 3.09. The summed E-state index contributed by atoms with van der Waals surface area (Å²) in [5.74, 6) is 0. The molecule has 1 aromatic heterocycles. The summed E-state index contributed by atoms with van der Waals surface area (Å²) in [6, 6.07) is 8.31. The second-order valence-corrected chi connectivity index (χ2v) is 5.52. The van der Waals surface area contributed by atoms with Gasteiger partial charge in [0.25, 0.3) is 0 Å². The lowest BCUT2D eigenvalue weighted by Crippen LogP contribution is -2.55. The van der Waals surface area contributed by atoms with Crippen LogP contribution in [0.25, 0.3) is 10.9 Å². The molecule has 102 valence electrons. The van der Waals surface area contributed by atoms with E-state index < -0.39 is 0 Å². The van der Waals surface area contributed by atoms with Gasteiger partial charge in [-0.05, 0) is 25.3 Å². The van der Waals surface area contributed by atoms with Crippen LogP contribution >= 0.6 is 0 Å². The molecule has 0 bridgehead atoms. The molecule has 1 aromatic carbocycles. The van der Waals surface area contributed by atoms with Gasteiger partial charge in [-0.15, -0.1) is 0 Å². The third-order valence-electron chi connectivity index (χ3n) is 4.53. The van der Waals surface area contributed by atoms with E-state index in [1.54, 1.807) is 7.11 Å². The summed E-state index contributed by atoms with van der Waals surface area (Å²) < 4.78 is 7.60. The highest BCUT2D eigenvalue weighted by molar-refractivity contribution is 5.81. The molecule has 4 nitrogen and oxygen atoms in total. The predicted octanol–water partition coefficient (Wildman–Crippen LogP) is 2.01. The molecule has 1 heterocycles. The minimum atomic E-state index is -0.126. The molecule has 0 saturated heterocycles. The normalized spacial score (nSPS) is 19.3. The van der Waals surface area contributed by atoms with Crippen LogP contribution in [0.5, 0.6) is 0 Å². The molecule has 2 aromatic rings. The molecule has 1 atom stereocenters. The van der Waals surface area contributed by atoms with Crippen LogP contribution < -0.4 is 5.73 Å². The standard InChI is InChI=1S/C15H21N3O/c1-18-13-7-4-3-6-11(13)12(17-18)10-14(16)15(19-2)8-5-9-15/h3-4,6-7,14H,5,8-10,16H2,1-2H3. The molecule has 19 heavy (non-hydrogen) atoms. The summed E-state index contributed by atoms with van der Waals surface area (Å²) in [7, 11) is 3.75. The molecule has 4 heteroatoms. The topological polar surface area (TPSA) is 53.1 Å². The number of rotatable bonds is 4. The van der Waals surface area contributed by atoms with Crippen LogP contribution in [0.3, 0.4) is 0 Å². The van der Waals surface area contributed by atoms with Gasteiger partial charge in [-0.2, -0.15) is 5.10 Å². The van der Waals surface area contributed by atoms with Crippen molar-refractivity contribution in [2.24, 2.45) is 12.8 Å².